The summed E-state index contributed by atoms with van der Waals surface area (Å²) in [4.78, 5) is 11.0. The zero-order valence-corrected chi connectivity index (χ0v) is 11.0. The Labute approximate surface area is 108 Å². The summed E-state index contributed by atoms with van der Waals surface area (Å²) in [5.41, 5.74) is 1.30. The van der Waals surface area contributed by atoms with Crippen molar-refractivity contribution in [2.75, 3.05) is 18.5 Å². The number of hydrogen-bond acceptors (Lipinski definition) is 4. The van der Waals surface area contributed by atoms with E-state index in [-0.39, 0.29) is 6.61 Å². The summed E-state index contributed by atoms with van der Waals surface area (Å²) in [6.07, 6.45) is 2.36. The van der Waals surface area contributed by atoms with Crippen molar-refractivity contribution in [3.8, 4) is 5.75 Å². The predicted octanol–water partition coefficient (Wildman–Crippen LogP) is 2.47. The maximum Gasteiger partial charge on any atom is 0.153 e. The smallest absolute Gasteiger partial charge is 0.153 e. The predicted molar refractivity (Wildman–Crippen MR) is 72.4 cm³/mol. The van der Waals surface area contributed by atoms with E-state index in [4.69, 9.17) is 4.74 Å². The molecule has 0 aliphatic heterocycles. The zero-order valence-electron chi connectivity index (χ0n) is 11.0. The highest BCUT2D eigenvalue weighted by Crippen LogP contribution is 2.28. The van der Waals surface area contributed by atoms with E-state index >= 15 is 0 Å². The van der Waals surface area contributed by atoms with Crippen LogP contribution in [0.2, 0.25) is 0 Å². The number of carbonyl (C=O) groups is 1. The van der Waals surface area contributed by atoms with Gasteiger partial charge in [0.25, 0.3) is 0 Å². The molecule has 0 amide bonds. The fourth-order valence-corrected chi connectivity index (χ4v) is 1.55. The fraction of sp³-hybridized carbons (Fsp3) is 0.500. The maximum atomic E-state index is 11.0. The molecular weight excluding hydrogens is 230 g/mol. The van der Waals surface area contributed by atoms with Crippen molar-refractivity contribution in [3.05, 3.63) is 23.8 Å². The Bertz CT molecular complexity index is 377. The molecule has 4 nitrogen and oxygen atoms in total. The summed E-state index contributed by atoms with van der Waals surface area (Å²) in [5.74, 6) is 0.518. The summed E-state index contributed by atoms with van der Waals surface area (Å²) in [6.45, 7) is 4.78. The minimum Gasteiger partial charge on any atom is -0.488 e. The van der Waals surface area contributed by atoms with Gasteiger partial charge in [-0.15, -0.1) is 0 Å². The van der Waals surface area contributed by atoms with Crippen LogP contribution in [0.25, 0.3) is 0 Å². The highest BCUT2D eigenvalue weighted by molar-refractivity contribution is 5.83. The van der Waals surface area contributed by atoms with E-state index in [1.165, 1.54) is 0 Å². The van der Waals surface area contributed by atoms with Crippen molar-refractivity contribution < 1.29 is 14.6 Å². The van der Waals surface area contributed by atoms with Crippen LogP contribution >= 0.6 is 0 Å². The minimum absolute atomic E-state index is 0.174. The maximum absolute atomic E-state index is 11.0. The first kappa shape index (κ1) is 14.5. The van der Waals surface area contributed by atoms with Crippen LogP contribution in [-0.4, -0.2) is 30.6 Å². The van der Waals surface area contributed by atoms with Crippen LogP contribution in [0.4, 0.5) is 5.69 Å². The van der Waals surface area contributed by atoms with E-state index in [2.05, 4.69) is 12.2 Å². The van der Waals surface area contributed by atoms with Gasteiger partial charge in [0.2, 0.25) is 0 Å². The lowest BCUT2D eigenvalue weighted by Crippen LogP contribution is -2.15. The van der Waals surface area contributed by atoms with Crippen LogP contribution in [0.15, 0.2) is 18.2 Å². The van der Waals surface area contributed by atoms with Crippen LogP contribution in [-0.2, 0) is 0 Å². The van der Waals surface area contributed by atoms with Gasteiger partial charge in [-0.1, -0.05) is 19.4 Å². The summed E-state index contributed by atoms with van der Waals surface area (Å²) in [7, 11) is 0. The standard InChI is InChI=1S/C14H21NO3/c1-3-4-8-15-13-7-5-6-12(9-16)14(13)18-10-11(2)17/h5-7,9,11,15,17H,3-4,8,10H2,1-2H3. The molecule has 0 aliphatic carbocycles. The summed E-state index contributed by atoms with van der Waals surface area (Å²) in [6, 6.07) is 5.39. The van der Waals surface area contributed by atoms with Gasteiger partial charge in [-0.05, 0) is 25.5 Å². The van der Waals surface area contributed by atoms with Crippen LogP contribution < -0.4 is 10.1 Å². The molecule has 0 spiro atoms. The number of carbonyl (C=O) groups excluding carboxylic acids is 1. The second-order valence-electron chi connectivity index (χ2n) is 4.28. The van der Waals surface area contributed by atoms with Gasteiger partial charge >= 0.3 is 0 Å². The Morgan fingerprint density at radius 1 is 1.50 bits per heavy atom. The normalized spacial score (nSPS) is 11.9. The first-order chi connectivity index (χ1) is 8.69. The largest absolute Gasteiger partial charge is 0.488 e. The lowest BCUT2D eigenvalue weighted by atomic mass is 10.2. The quantitative estimate of drug-likeness (QED) is 0.550. The van der Waals surface area contributed by atoms with E-state index in [0.717, 1.165) is 31.4 Å². The second kappa shape index (κ2) is 7.71. The number of aldehydes is 1. The highest BCUT2D eigenvalue weighted by Gasteiger charge is 2.10. The van der Waals surface area contributed by atoms with Gasteiger partial charge in [-0.2, -0.15) is 0 Å². The average molecular weight is 251 g/mol. The third-order valence-electron chi connectivity index (χ3n) is 2.49. The first-order valence-corrected chi connectivity index (χ1v) is 6.32. The fourth-order valence-electron chi connectivity index (χ4n) is 1.55. The summed E-state index contributed by atoms with van der Waals surface area (Å²) < 4.78 is 5.51. The number of aliphatic hydroxyl groups is 1. The second-order valence-corrected chi connectivity index (χ2v) is 4.28. The number of para-hydroxylation sites is 1. The molecule has 0 fully saturated rings. The molecule has 0 aromatic heterocycles. The number of ether oxygens (including phenoxy) is 1. The molecule has 0 saturated heterocycles. The van der Waals surface area contributed by atoms with Crippen molar-refractivity contribution in [2.24, 2.45) is 0 Å². The molecule has 1 atom stereocenters. The van der Waals surface area contributed by atoms with Gasteiger partial charge in [-0.25, -0.2) is 0 Å². The van der Waals surface area contributed by atoms with Crippen molar-refractivity contribution in [2.45, 2.75) is 32.8 Å². The van der Waals surface area contributed by atoms with Crippen molar-refractivity contribution in [1.82, 2.24) is 0 Å². The van der Waals surface area contributed by atoms with Crippen molar-refractivity contribution in [1.29, 1.82) is 0 Å². The van der Waals surface area contributed by atoms with E-state index in [1.54, 1.807) is 13.0 Å². The number of aliphatic hydroxyl groups excluding tert-OH is 1. The van der Waals surface area contributed by atoms with Crippen LogP contribution in [0.3, 0.4) is 0 Å². The van der Waals surface area contributed by atoms with E-state index in [9.17, 15) is 9.90 Å². The molecule has 0 bridgehead atoms. The lowest BCUT2D eigenvalue weighted by molar-refractivity contribution is 0.109. The Morgan fingerprint density at radius 3 is 2.89 bits per heavy atom. The summed E-state index contributed by atoms with van der Waals surface area (Å²) in [5, 5.41) is 12.5. The van der Waals surface area contributed by atoms with E-state index < -0.39 is 6.10 Å². The molecule has 1 rings (SSSR count). The van der Waals surface area contributed by atoms with E-state index in [0.29, 0.717) is 11.3 Å². The molecule has 0 radical (unpaired) electrons. The molecule has 2 N–H and O–H groups in total. The third kappa shape index (κ3) is 4.37. The van der Waals surface area contributed by atoms with Gasteiger partial charge < -0.3 is 15.2 Å². The summed E-state index contributed by atoms with van der Waals surface area (Å²) >= 11 is 0. The molecule has 1 aromatic carbocycles. The number of benzene rings is 1. The molecule has 1 aromatic rings. The molecule has 18 heavy (non-hydrogen) atoms. The number of hydrogen-bond donors (Lipinski definition) is 2. The molecule has 0 heterocycles. The highest BCUT2D eigenvalue weighted by atomic mass is 16.5. The van der Waals surface area contributed by atoms with Crippen LogP contribution in [0, 0.1) is 0 Å². The van der Waals surface area contributed by atoms with Crippen LogP contribution in [0.5, 0.6) is 5.75 Å². The molecule has 0 saturated carbocycles. The molecular formula is C14H21NO3. The number of anilines is 1. The SMILES string of the molecule is CCCCNc1cccc(C=O)c1OCC(C)O. The van der Waals surface area contributed by atoms with E-state index in [1.807, 2.05) is 12.1 Å². The minimum atomic E-state index is -0.562. The lowest BCUT2D eigenvalue weighted by Gasteiger charge is -2.15. The van der Waals surface area contributed by atoms with Gasteiger partial charge in [0.05, 0.1) is 17.4 Å². The Kier molecular flexibility index (Phi) is 6.22. The molecule has 100 valence electrons. The van der Waals surface area contributed by atoms with Crippen LogP contribution in [0.1, 0.15) is 37.0 Å². The Balaban J connectivity index is 2.82. The Hall–Kier alpha value is -1.55. The first-order valence-electron chi connectivity index (χ1n) is 6.32. The van der Waals surface area contributed by atoms with Crippen molar-refractivity contribution in [3.63, 3.8) is 0 Å². The monoisotopic (exact) mass is 251 g/mol. The number of unbranched alkanes of at least 4 members (excludes halogenated alkanes) is 1. The van der Waals surface area contributed by atoms with Gasteiger partial charge in [0.1, 0.15) is 6.61 Å². The zero-order chi connectivity index (χ0) is 13.4. The van der Waals surface area contributed by atoms with Gasteiger partial charge in [-0.3, -0.25) is 4.79 Å². The topological polar surface area (TPSA) is 58.6 Å². The van der Waals surface area contributed by atoms with Crippen molar-refractivity contribution >= 4 is 12.0 Å². The number of rotatable bonds is 8. The Morgan fingerprint density at radius 2 is 2.28 bits per heavy atom. The molecule has 0 aliphatic rings. The molecule has 4 heteroatoms. The average Bonchev–Trinajstić information content (AvgIpc) is 2.37. The molecule has 1 unspecified atom stereocenters. The van der Waals surface area contributed by atoms with Gasteiger partial charge in [0, 0.05) is 6.54 Å². The third-order valence-corrected chi connectivity index (χ3v) is 2.49. The van der Waals surface area contributed by atoms with Gasteiger partial charge in [0.15, 0.2) is 12.0 Å². The number of nitrogens with one attached hydrogen (secondary N) is 1.